The number of carbonyl (C=O) groups is 2. The van der Waals surface area contributed by atoms with Crippen LogP contribution in [0.4, 0.5) is 4.79 Å². The standard InChI is InChI=1S/C18H31N3O3/c1-24-13-8-15-16(22)21(17(23)19-15)14-18(9-4-2-5-10-18)20-11-6-3-7-12-20/h15H,2-14H2,1H3,(H,19,23). The van der Waals surface area contributed by atoms with E-state index in [1.165, 1.54) is 43.4 Å². The first kappa shape index (κ1) is 17.7. The number of likely N-dealkylation sites (tertiary alicyclic amines) is 1. The molecule has 0 spiro atoms. The molecule has 0 bridgehead atoms. The Balaban J connectivity index is 1.72. The van der Waals surface area contributed by atoms with Crippen LogP contribution in [0, 0.1) is 0 Å². The second-order valence-electron chi connectivity index (χ2n) is 7.54. The summed E-state index contributed by atoms with van der Waals surface area (Å²) in [6.45, 7) is 3.26. The molecule has 1 atom stereocenters. The van der Waals surface area contributed by atoms with Crippen LogP contribution < -0.4 is 5.32 Å². The predicted molar refractivity (Wildman–Crippen MR) is 91.8 cm³/mol. The van der Waals surface area contributed by atoms with E-state index in [0.717, 1.165) is 25.9 Å². The van der Waals surface area contributed by atoms with Crippen molar-refractivity contribution in [1.82, 2.24) is 15.1 Å². The number of nitrogens with one attached hydrogen (secondary N) is 1. The van der Waals surface area contributed by atoms with E-state index in [1.807, 2.05) is 0 Å². The van der Waals surface area contributed by atoms with Gasteiger partial charge in [0.05, 0.1) is 0 Å². The molecule has 6 heteroatoms. The highest BCUT2D eigenvalue weighted by Gasteiger charge is 2.46. The van der Waals surface area contributed by atoms with Crippen molar-refractivity contribution in [2.45, 2.75) is 69.4 Å². The van der Waals surface area contributed by atoms with Crippen LogP contribution in [0.3, 0.4) is 0 Å². The fourth-order valence-corrected chi connectivity index (χ4v) is 4.60. The molecule has 3 amide bonds. The number of amides is 3. The average molecular weight is 337 g/mol. The highest BCUT2D eigenvalue weighted by molar-refractivity contribution is 6.04. The minimum atomic E-state index is -0.417. The SMILES string of the molecule is COCCC1NC(=O)N(CC2(N3CCCCC3)CCCCC2)C1=O. The molecule has 3 aliphatic rings. The molecular weight excluding hydrogens is 306 g/mol. The van der Waals surface area contributed by atoms with Crippen LogP contribution >= 0.6 is 0 Å². The van der Waals surface area contributed by atoms with Gasteiger partial charge in [0.15, 0.2) is 0 Å². The van der Waals surface area contributed by atoms with Crippen LogP contribution in [0.2, 0.25) is 0 Å². The molecule has 136 valence electrons. The fourth-order valence-electron chi connectivity index (χ4n) is 4.60. The van der Waals surface area contributed by atoms with Crippen molar-refractivity contribution in [3.8, 4) is 0 Å². The summed E-state index contributed by atoms with van der Waals surface area (Å²) in [5.41, 5.74) is 0.00180. The van der Waals surface area contributed by atoms with E-state index >= 15 is 0 Å². The maximum absolute atomic E-state index is 12.7. The van der Waals surface area contributed by atoms with Gasteiger partial charge in [0.2, 0.25) is 0 Å². The number of ether oxygens (including phenoxy) is 1. The van der Waals surface area contributed by atoms with Gasteiger partial charge in [-0.15, -0.1) is 0 Å². The summed E-state index contributed by atoms with van der Waals surface area (Å²) >= 11 is 0. The Morgan fingerprint density at radius 3 is 2.42 bits per heavy atom. The number of methoxy groups -OCH3 is 1. The van der Waals surface area contributed by atoms with Crippen LogP contribution in [-0.2, 0) is 9.53 Å². The first-order valence-electron chi connectivity index (χ1n) is 9.52. The second kappa shape index (κ2) is 7.83. The molecule has 0 aromatic carbocycles. The van der Waals surface area contributed by atoms with Gasteiger partial charge in [-0.25, -0.2) is 4.79 Å². The Labute approximate surface area is 144 Å². The van der Waals surface area contributed by atoms with Gasteiger partial charge in [-0.1, -0.05) is 25.7 Å². The molecule has 6 nitrogen and oxygen atoms in total. The van der Waals surface area contributed by atoms with E-state index in [1.54, 1.807) is 7.11 Å². The topological polar surface area (TPSA) is 61.9 Å². The van der Waals surface area contributed by atoms with E-state index in [2.05, 4.69) is 10.2 Å². The number of rotatable bonds is 6. The largest absolute Gasteiger partial charge is 0.385 e. The van der Waals surface area contributed by atoms with Crippen LogP contribution in [0.1, 0.15) is 57.8 Å². The third kappa shape index (κ3) is 3.59. The van der Waals surface area contributed by atoms with Crippen LogP contribution in [0.15, 0.2) is 0 Å². The molecule has 0 aromatic heterocycles. The highest BCUT2D eigenvalue weighted by atomic mass is 16.5. The van der Waals surface area contributed by atoms with Crippen LogP contribution in [0.25, 0.3) is 0 Å². The molecule has 3 rings (SSSR count). The van der Waals surface area contributed by atoms with Gasteiger partial charge in [-0.2, -0.15) is 0 Å². The second-order valence-corrected chi connectivity index (χ2v) is 7.54. The summed E-state index contributed by atoms with van der Waals surface area (Å²) in [7, 11) is 1.62. The van der Waals surface area contributed by atoms with Gasteiger partial charge in [0, 0.05) is 32.2 Å². The van der Waals surface area contributed by atoms with E-state index < -0.39 is 6.04 Å². The number of carbonyl (C=O) groups excluding carboxylic acids is 2. The minimum Gasteiger partial charge on any atom is -0.385 e. The van der Waals surface area contributed by atoms with E-state index in [4.69, 9.17) is 4.74 Å². The molecule has 1 aliphatic carbocycles. The van der Waals surface area contributed by atoms with Gasteiger partial charge >= 0.3 is 6.03 Å². The summed E-state index contributed by atoms with van der Waals surface area (Å²) < 4.78 is 5.06. The molecule has 2 heterocycles. The summed E-state index contributed by atoms with van der Waals surface area (Å²) in [4.78, 5) is 29.1. The number of imide groups is 1. The van der Waals surface area contributed by atoms with Crippen molar-refractivity contribution >= 4 is 11.9 Å². The molecule has 3 fully saturated rings. The Kier molecular flexibility index (Phi) is 5.76. The molecule has 2 saturated heterocycles. The van der Waals surface area contributed by atoms with E-state index in [9.17, 15) is 9.59 Å². The summed E-state index contributed by atoms with van der Waals surface area (Å²) in [5.74, 6) is -0.0704. The molecule has 1 unspecified atom stereocenters. The lowest BCUT2D eigenvalue weighted by molar-refractivity contribution is -0.130. The maximum Gasteiger partial charge on any atom is 0.324 e. The quantitative estimate of drug-likeness (QED) is 0.754. The molecule has 1 saturated carbocycles. The van der Waals surface area contributed by atoms with Crippen molar-refractivity contribution in [3.63, 3.8) is 0 Å². The van der Waals surface area contributed by atoms with E-state index in [-0.39, 0.29) is 17.5 Å². The normalized spacial score (nSPS) is 28.2. The van der Waals surface area contributed by atoms with Gasteiger partial charge in [0.1, 0.15) is 6.04 Å². The van der Waals surface area contributed by atoms with Crippen molar-refractivity contribution in [1.29, 1.82) is 0 Å². The smallest absolute Gasteiger partial charge is 0.324 e. The number of hydrogen-bond donors (Lipinski definition) is 1. The predicted octanol–water partition coefficient (Wildman–Crippen LogP) is 2.13. The molecular formula is C18H31N3O3. The Morgan fingerprint density at radius 2 is 1.75 bits per heavy atom. The maximum atomic E-state index is 12.7. The molecule has 24 heavy (non-hydrogen) atoms. The lowest BCUT2D eigenvalue weighted by Crippen LogP contribution is -2.59. The Bertz CT molecular complexity index is 456. The number of nitrogens with zero attached hydrogens (tertiary/aromatic N) is 2. The zero-order valence-corrected chi connectivity index (χ0v) is 14.9. The van der Waals surface area contributed by atoms with Crippen molar-refractivity contribution in [2.75, 3.05) is 33.4 Å². The fraction of sp³-hybridized carbons (Fsp3) is 0.889. The molecule has 0 radical (unpaired) electrons. The molecule has 2 aliphatic heterocycles. The van der Waals surface area contributed by atoms with E-state index in [0.29, 0.717) is 19.6 Å². The van der Waals surface area contributed by atoms with Gasteiger partial charge < -0.3 is 10.1 Å². The zero-order chi connectivity index (χ0) is 17.0. The first-order chi connectivity index (χ1) is 11.7. The lowest BCUT2D eigenvalue weighted by atomic mass is 9.78. The molecule has 0 aromatic rings. The Hall–Kier alpha value is -1.14. The minimum absolute atomic E-state index is 0.00180. The van der Waals surface area contributed by atoms with Crippen molar-refractivity contribution in [3.05, 3.63) is 0 Å². The first-order valence-corrected chi connectivity index (χ1v) is 9.52. The number of hydrogen-bond acceptors (Lipinski definition) is 4. The molecule has 1 N–H and O–H groups in total. The zero-order valence-electron chi connectivity index (χ0n) is 14.9. The third-order valence-corrected chi connectivity index (χ3v) is 5.98. The summed E-state index contributed by atoms with van der Waals surface area (Å²) in [6, 6.07) is -0.637. The average Bonchev–Trinajstić information content (AvgIpc) is 2.89. The van der Waals surface area contributed by atoms with Crippen LogP contribution in [-0.4, -0.2) is 66.7 Å². The number of piperidine rings is 1. The number of urea groups is 1. The summed E-state index contributed by atoms with van der Waals surface area (Å²) in [5, 5.41) is 2.84. The Morgan fingerprint density at radius 1 is 1.08 bits per heavy atom. The van der Waals surface area contributed by atoms with Crippen molar-refractivity contribution < 1.29 is 14.3 Å². The van der Waals surface area contributed by atoms with Gasteiger partial charge in [0.25, 0.3) is 5.91 Å². The van der Waals surface area contributed by atoms with Gasteiger partial charge in [-0.3, -0.25) is 14.6 Å². The third-order valence-electron chi connectivity index (χ3n) is 5.98. The lowest BCUT2D eigenvalue weighted by Gasteiger charge is -2.49. The highest BCUT2D eigenvalue weighted by Crippen LogP contribution is 2.37. The summed E-state index contributed by atoms with van der Waals surface area (Å²) in [6.07, 6.45) is 10.2. The van der Waals surface area contributed by atoms with Gasteiger partial charge in [-0.05, 0) is 38.8 Å². The monoisotopic (exact) mass is 337 g/mol. The van der Waals surface area contributed by atoms with Crippen LogP contribution in [0.5, 0.6) is 0 Å². The van der Waals surface area contributed by atoms with Crippen molar-refractivity contribution in [2.24, 2.45) is 0 Å².